The first kappa shape index (κ1) is 14.8. The van der Waals surface area contributed by atoms with E-state index in [-0.39, 0.29) is 11.9 Å². The average molecular weight is 390 g/mol. The Morgan fingerprint density at radius 3 is 2.58 bits per heavy atom. The lowest BCUT2D eigenvalue weighted by atomic mass is 9.98. The third-order valence-electron chi connectivity index (χ3n) is 3.10. The van der Waals surface area contributed by atoms with Crippen molar-refractivity contribution in [2.45, 2.75) is 12.5 Å². The number of hydrogen-bond donors (Lipinski definition) is 1. The van der Waals surface area contributed by atoms with E-state index in [1.54, 1.807) is 12.1 Å². The second kappa shape index (κ2) is 6.68. The highest BCUT2D eigenvalue weighted by atomic mass is 127. The average Bonchev–Trinajstić information content (AvgIpc) is 2.40. The zero-order valence-electron chi connectivity index (χ0n) is 10.5. The molecule has 1 nitrogen and oxygen atoms in total. The van der Waals surface area contributed by atoms with Gasteiger partial charge in [0.25, 0.3) is 0 Å². The molecule has 0 bridgehead atoms. The third-order valence-corrected chi connectivity index (χ3v) is 4.44. The summed E-state index contributed by atoms with van der Waals surface area (Å²) in [6, 6.07) is 12.9. The lowest BCUT2D eigenvalue weighted by Crippen LogP contribution is -2.20. The van der Waals surface area contributed by atoms with E-state index in [0.29, 0.717) is 17.0 Å². The molecular weight excluding hydrogens is 376 g/mol. The molecular formula is C15H14ClFIN. The zero-order chi connectivity index (χ0) is 13.8. The fourth-order valence-corrected chi connectivity index (χ4v) is 3.06. The molecule has 4 heteroatoms. The molecule has 1 N–H and O–H groups in total. The summed E-state index contributed by atoms with van der Waals surface area (Å²) in [5.41, 5.74) is 1.72. The number of nitrogens with one attached hydrogen (secondary N) is 1. The van der Waals surface area contributed by atoms with Crippen LogP contribution in [0.4, 0.5) is 4.39 Å². The van der Waals surface area contributed by atoms with Crippen molar-refractivity contribution in [3.05, 3.63) is 68.0 Å². The summed E-state index contributed by atoms with van der Waals surface area (Å²) in [7, 11) is 1.88. The van der Waals surface area contributed by atoms with Crippen molar-refractivity contribution < 1.29 is 4.39 Å². The largest absolute Gasteiger partial charge is 0.313 e. The highest BCUT2D eigenvalue weighted by Gasteiger charge is 2.16. The van der Waals surface area contributed by atoms with Crippen LogP contribution in [0.2, 0.25) is 5.02 Å². The van der Waals surface area contributed by atoms with Crippen molar-refractivity contribution in [1.82, 2.24) is 5.32 Å². The minimum absolute atomic E-state index is 0.0440. The second-order valence-electron chi connectivity index (χ2n) is 4.27. The Bertz CT molecular complexity index is 554. The van der Waals surface area contributed by atoms with Crippen LogP contribution >= 0.6 is 34.2 Å². The molecule has 100 valence electrons. The van der Waals surface area contributed by atoms with Gasteiger partial charge in [0.2, 0.25) is 0 Å². The molecule has 19 heavy (non-hydrogen) atoms. The maximum absolute atomic E-state index is 13.8. The Morgan fingerprint density at radius 2 is 1.95 bits per heavy atom. The Morgan fingerprint density at radius 1 is 1.21 bits per heavy atom. The van der Waals surface area contributed by atoms with Crippen molar-refractivity contribution >= 4 is 34.2 Å². The Kier molecular flexibility index (Phi) is 5.19. The van der Waals surface area contributed by atoms with Crippen LogP contribution in [-0.2, 0) is 6.42 Å². The van der Waals surface area contributed by atoms with Crippen molar-refractivity contribution in [3.63, 3.8) is 0 Å². The van der Waals surface area contributed by atoms with Gasteiger partial charge in [-0.2, -0.15) is 0 Å². The molecule has 0 spiro atoms. The predicted octanol–water partition coefficient (Wildman–Crippen LogP) is 4.59. The van der Waals surface area contributed by atoms with Crippen LogP contribution < -0.4 is 5.32 Å². The Hall–Kier alpha value is -0.650. The van der Waals surface area contributed by atoms with Crippen LogP contribution in [0.3, 0.4) is 0 Å². The van der Waals surface area contributed by atoms with Gasteiger partial charge in [0.05, 0.1) is 0 Å². The maximum Gasteiger partial charge on any atom is 0.127 e. The fraction of sp³-hybridized carbons (Fsp3) is 0.200. The van der Waals surface area contributed by atoms with Gasteiger partial charge in [-0.25, -0.2) is 4.39 Å². The summed E-state index contributed by atoms with van der Waals surface area (Å²) in [6.45, 7) is 0. The summed E-state index contributed by atoms with van der Waals surface area (Å²) >= 11 is 8.38. The van der Waals surface area contributed by atoms with E-state index in [0.717, 1.165) is 9.13 Å². The molecule has 2 aromatic carbocycles. The number of benzene rings is 2. The fourth-order valence-electron chi connectivity index (χ4n) is 2.06. The molecule has 2 rings (SSSR count). The Balaban J connectivity index is 2.32. The summed E-state index contributed by atoms with van der Waals surface area (Å²) in [6.07, 6.45) is 0.530. The number of rotatable bonds is 4. The van der Waals surface area contributed by atoms with E-state index in [2.05, 4.69) is 34.0 Å². The van der Waals surface area contributed by atoms with Crippen LogP contribution in [0, 0.1) is 9.39 Å². The molecule has 0 aliphatic heterocycles. The SMILES string of the molecule is CNC(Cc1c(F)cccc1Cl)c1ccccc1I. The van der Waals surface area contributed by atoms with Gasteiger partial charge in [-0.3, -0.25) is 0 Å². The topological polar surface area (TPSA) is 12.0 Å². The number of hydrogen-bond acceptors (Lipinski definition) is 1. The van der Waals surface area contributed by atoms with E-state index in [1.165, 1.54) is 6.07 Å². The van der Waals surface area contributed by atoms with Crippen LogP contribution in [0.15, 0.2) is 42.5 Å². The highest BCUT2D eigenvalue weighted by Crippen LogP contribution is 2.27. The molecule has 0 aliphatic rings. The maximum atomic E-state index is 13.8. The first-order chi connectivity index (χ1) is 9.13. The highest BCUT2D eigenvalue weighted by molar-refractivity contribution is 14.1. The monoisotopic (exact) mass is 389 g/mol. The third kappa shape index (κ3) is 3.46. The van der Waals surface area contributed by atoms with E-state index in [4.69, 9.17) is 11.6 Å². The van der Waals surface area contributed by atoms with E-state index in [1.807, 2.05) is 25.2 Å². The summed E-state index contributed by atoms with van der Waals surface area (Å²) in [5, 5.41) is 3.71. The number of likely N-dealkylation sites (N-methyl/N-ethyl adjacent to an activating group) is 1. The number of halogens is 3. The van der Waals surface area contributed by atoms with Gasteiger partial charge in [0.15, 0.2) is 0 Å². The molecule has 0 saturated heterocycles. The Labute approximate surface area is 131 Å². The summed E-state index contributed by atoms with van der Waals surface area (Å²) in [5.74, 6) is -0.251. The van der Waals surface area contributed by atoms with Gasteiger partial charge >= 0.3 is 0 Å². The van der Waals surface area contributed by atoms with Gasteiger partial charge in [-0.15, -0.1) is 0 Å². The molecule has 0 aliphatic carbocycles. The standard InChI is InChI=1S/C15H14ClFIN/c1-19-15(10-5-2-3-8-14(10)18)9-11-12(16)6-4-7-13(11)17/h2-8,15,19H,9H2,1H3. The van der Waals surface area contributed by atoms with Crippen molar-refractivity contribution in [2.24, 2.45) is 0 Å². The molecule has 0 saturated carbocycles. The van der Waals surface area contributed by atoms with E-state index in [9.17, 15) is 4.39 Å². The lowest BCUT2D eigenvalue weighted by Gasteiger charge is -2.19. The van der Waals surface area contributed by atoms with Crippen molar-refractivity contribution in [2.75, 3.05) is 7.05 Å². The summed E-state index contributed by atoms with van der Waals surface area (Å²) in [4.78, 5) is 0. The molecule has 0 fully saturated rings. The van der Waals surface area contributed by atoms with Crippen LogP contribution in [0.25, 0.3) is 0 Å². The van der Waals surface area contributed by atoms with Crippen molar-refractivity contribution in [3.8, 4) is 0 Å². The molecule has 0 aromatic heterocycles. The quantitative estimate of drug-likeness (QED) is 0.754. The van der Waals surface area contributed by atoms with Crippen LogP contribution in [0.1, 0.15) is 17.2 Å². The minimum atomic E-state index is -0.251. The lowest BCUT2D eigenvalue weighted by molar-refractivity contribution is 0.553. The second-order valence-corrected chi connectivity index (χ2v) is 5.84. The smallest absolute Gasteiger partial charge is 0.127 e. The normalized spacial score (nSPS) is 12.4. The molecule has 0 radical (unpaired) electrons. The molecule has 2 aromatic rings. The van der Waals surface area contributed by atoms with Crippen molar-refractivity contribution in [1.29, 1.82) is 0 Å². The molecule has 1 atom stereocenters. The van der Waals surface area contributed by atoms with E-state index < -0.39 is 0 Å². The zero-order valence-corrected chi connectivity index (χ0v) is 13.4. The first-order valence-electron chi connectivity index (χ1n) is 5.98. The molecule has 0 amide bonds. The van der Waals surface area contributed by atoms with Gasteiger partial charge in [0.1, 0.15) is 5.82 Å². The minimum Gasteiger partial charge on any atom is -0.313 e. The first-order valence-corrected chi connectivity index (χ1v) is 7.43. The van der Waals surface area contributed by atoms with Crippen LogP contribution in [-0.4, -0.2) is 7.05 Å². The molecule has 0 heterocycles. The van der Waals surface area contributed by atoms with Gasteiger partial charge in [0, 0.05) is 20.2 Å². The van der Waals surface area contributed by atoms with Gasteiger partial charge < -0.3 is 5.32 Å². The predicted molar refractivity (Wildman–Crippen MR) is 86.1 cm³/mol. The summed E-state index contributed by atoms with van der Waals surface area (Å²) < 4.78 is 15.0. The van der Waals surface area contributed by atoms with Gasteiger partial charge in [-0.1, -0.05) is 35.9 Å². The van der Waals surface area contributed by atoms with Crippen LogP contribution in [0.5, 0.6) is 0 Å². The van der Waals surface area contributed by atoms with Gasteiger partial charge in [-0.05, 0) is 59.8 Å². The van der Waals surface area contributed by atoms with E-state index >= 15 is 0 Å². The molecule has 1 unspecified atom stereocenters.